The van der Waals surface area contributed by atoms with E-state index in [0.29, 0.717) is 18.4 Å². The van der Waals surface area contributed by atoms with E-state index < -0.39 is 19.4 Å². The van der Waals surface area contributed by atoms with Crippen LogP contribution in [0.25, 0.3) is 0 Å². The van der Waals surface area contributed by atoms with Gasteiger partial charge in [-0.15, -0.1) is 0 Å². The van der Waals surface area contributed by atoms with Crippen LogP contribution in [-0.4, -0.2) is 25.0 Å². The number of carbonyl (C=O) groups excluding carboxylic acids is 1. The van der Waals surface area contributed by atoms with Crippen molar-refractivity contribution < 1.29 is 23.1 Å². The molecule has 0 aliphatic carbocycles. The van der Waals surface area contributed by atoms with Gasteiger partial charge in [0.25, 0.3) is 0 Å². The van der Waals surface area contributed by atoms with Crippen molar-refractivity contribution in [2.45, 2.75) is 39.5 Å². The molecule has 1 aromatic rings. The third-order valence-corrected chi connectivity index (χ3v) is 5.06. The van der Waals surface area contributed by atoms with E-state index in [2.05, 4.69) is 0 Å². The fraction of sp³-hybridized carbons (Fsp3) is 0.533. The lowest BCUT2D eigenvalue weighted by Gasteiger charge is -2.25. The second kappa shape index (κ2) is 8.98. The summed E-state index contributed by atoms with van der Waals surface area (Å²) in [4.78, 5) is 12.1. The van der Waals surface area contributed by atoms with Crippen molar-refractivity contribution in [3.8, 4) is 0 Å². The lowest BCUT2D eigenvalue weighted by Crippen LogP contribution is -2.21. The highest BCUT2D eigenvalue weighted by molar-refractivity contribution is 7.54. The zero-order chi connectivity index (χ0) is 15.7. The van der Waals surface area contributed by atoms with Crippen LogP contribution in [0.5, 0.6) is 0 Å². The van der Waals surface area contributed by atoms with Gasteiger partial charge in [0.1, 0.15) is 0 Å². The minimum Gasteiger partial charge on any atom is -0.446 e. The molecule has 0 spiro atoms. The summed E-state index contributed by atoms with van der Waals surface area (Å²) < 4.78 is 28.7. The molecule has 0 heterocycles. The summed E-state index contributed by atoms with van der Waals surface area (Å²) in [7, 11) is -3.46. The van der Waals surface area contributed by atoms with Crippen LogP contribution < -0.4 is 0 Å². The molecule has 0 bridgehead atoms. The zero-order valence-electron chi connectivity index (χ0n) is 12.8. The second-order valence-corrected chi connectivity index (χ2v) is 6.56. The van der Waals surface area contributed by atoms with Gasteiger partial charge >= 0.3 is 13.6 Å². The highest BCUT2D eigenvalue weighted by Crippen LogP contribution is 2.55. The van der Waals surface area contributed by atoms with Crippen molar-refractivity contribution in [1.29, 1.82) is 0 Å². The van der Waals surface area contributed by atoms with E-state index in [4.69, 9.17) is 13.8 Å². The van der Waals surface area contributed by atoms with E-state index in [1.165, 1.54) is 0 Å². The fourth-order valence-corrected chi connectivity index (χ4v) is 3.78. The van der Waals surface area contributed by atoms with Gasteiger partial charge in [0.05, 0.1) is 18.8 Å². The Labute approximate surface area is 126 Å². The monoisotopic (exact) mass is 314 g/mol. The summed E-state index contributed by atoms with van der Waals surface area (Å²) in [5, 5.41) is 0. The van der Waals surface area contributed by atoms with Gasteiger partial charge in [-0.2, -0.15) is 0 Å². The minimum atomic E-state index is -3.46. The average molecular weight is 314 g/mol. The first-order chi connectivity index (χ1) is 10.1. The lowest BCUT2D eigenvalue weighted by atomic mass is 10.2. The van der Waals surface area contributed by atoms with E-state index in [1.54, 1.807) is 38.1 Å². The SMILES string of the molecule is CCCC(OC(=O)c1ccccc1)P(=O)(OCC)OCC. The summed E-state index contributed by atoms with van der Waals surface area (Å²) in [6.07, 6.45) is 1.13. The van der Waals surface area contributed by atoms with E-state index in [1.807, 2.05) is 13.0 Å². The van der Waals surface area contributed by atoms with E-state index in [-0.39, 0.29) is 13.2 Å². The Morgan fingerprint density at radius 1 is 1.10 bits per heavy atom. The molecule has 118 valence electrons. The smallest absolute Gasteiger partial charge is 0.370 e. The predicted molar refractivity (Wildman–Crippen MR) is 81.4 cm³/mol. The summed E-state index contributed by atoms with van der Waals surface area (Å²) >= 11 is 0. The van der Waals surface area contributed by atoms with Gasteiger partial charge < -0.3 is 13.8 Å². The highest BCUT2D eigenvalue weighted by Gasteiger charge is 2.38. The molecule has 0 fully saturated rings. The Morgan fingerprint density at radius 2 is 1.67 bits per heavy atom. The van der Waals surface area contributed by atoms with Crippen LogP contribution in [0.2, 0.25) is 0 Å². The van der Waals surface area contributed by atoms with Gasteiger partial charge in [0.2, 0.25) is 5.85 Å². The van der Waals surface area contributed by atoms with Gasteiger partial charge in [-0.1, -0.05) is 31.5 Å². The highest BCUT2D eigenvalue weighted by atomic mass is 31.2. The number of benzene rings is 1. The van der Waals surface area contributed by atoms with Crippen molar-refractivity contribution in [2.24, 2.45) is 0 Å². The third kappa shape index (κ3) is 5.27. The molecule has 0 aromatic heterocycles. The van der Waals surface area contributed by atoms with Crippen LogP contribution in [0.1, 0.15) is 44.0 Å². The average Bonchev–Trinajstić information content (AvgIpc) is 2.48. The van der Waals surface area contributed by atoms with Crippen molar-refractivity contribution in [3.05, 3.63) is 35.9 Å². The standard InChI is InChI=1S/C15H23O5P/c1-4-10-14(21(17,18-5-2)19-6-3)20-15(16)13-11-8-7-9-12-13/h7-9,11-12,14H,4-6,10H2,1-3H3. The minimum absolute atomic E-state index is 0.236. The number of hydrogen-bond acceptors (Lipinski definition) is 5. The number of rotatable bonds is 9. The molecule has 1 rings (SSSR count). The Bertz CT molecular complexity index is 464. The van der Waals surface area contributed by atoms with Crippen LogP contribution >= 0.6 is 7.60 Å². The zero-order valence-corrected chi connectivity index (χ0v) is 13.7. The summed E-state index contributed by atoms with van der Waals surface area (Å²) in [6, 6.07) is 8.60. The second-order valence-electron chi connectivity index (χ2n) is 4.39. The van der Waals surface area contributed by atoms with E-state index >= 15 is 0 Å². The molecule has 0 saturated carbocycles. The molecular formula is C15H23O5P. The molecule has 1 atom stereocenters. The maximum Gasteiger partial charge on any atom is 0.370 e. The van der Waals surface area contributed by atoms with Gasteiger partial charge in [0.15, 0.2) is 0 Å². The number of esters is 1. The molecule has 6 heteroatoms. The van der Waals surface area contributed by atoms with Gasteiger partial charge in [0, 0.05) is 0 Å². The number of carbonyl (C=O) groups is 1. The largest absolute Gasteiger partial charge is 0.446 e. The Hall–Kier alpha value is -1.16. The van der Waals surface area contributed by atoms with E-state index in [9.17, 15) is 9.36 Å². The Morgan fingerprint density at radius 3 is 2.14 bits per heavy atom. The first-order valence-corrected chi connectivity index (χ1v) is 8.83. The van der Waals surface area contributed by atoms with Crippen LogP contribution in [0.15, 0.2) is 30.3 Å². The third-order valence-electron chi connectivity index (χ3n) is 2.76. The first kappa shape index (κ1) is 17.9. The summed E-state index contributed by atoms with van der Waals surface area (Å²) in [5.74, 6) is -1.40. The maximum atomic E-state index is 12.7. The Balaban J connectivity index is 2.89. The molecule has 0 saturated heterocycles. The van der Waals surface area contributed by atoms with Crippen molar-refractivity contribution in [3.63, 3.8) is 0 Å². The van der Waals surface area contributed by atoms with Crippen LogP contribution in [0.3, 0.4) is 0 Å². The maximum absolute atomic E-state index is 12.7. The van der Waals surface area contributed by atoms with Crippen molar-refractivity contribution in [2.75, 3.05) is 13.2 Å². The topological polar surface area (TPSA) is 61.8 Å². The molecule has 1 unspecified atom stereocenters. The molecule has 0 aliphatic heterocycles. The molecule has 0 N–H and O–H groups in total. The van der Waals surface area contributed by atoms with Gasteiger partial charge in [-0.25, -0.2) is 4.79 Å². The fourth-order valence-electron chi connectivity index (χ4n) is 1.86. The number of ether oxygens (including phenoxy) is 1. The predicted octanol–water partition coefficient (Wildman–Crippen LogP) is 4.24. The molecule has 5 nitrogen and oxygen atoms in total. The molecule has 1 aromatic carbocycles. The lowest BCUT2D eigenvalue weighted by molar-refractivity contribution is 0.0351. The summed E-state index contributed by atoms with van der Waals surface area (Å²) in [5.41, 5.74) is 0.415. The quantitative estimate of drug-likeness (QED) is 0.504. The van der Waals surface area contributed by atoms with Crippen molar-refractivity contribution >= 4 is 13.6 Å². The van der Waals surface area contributed by atoms with Crippen LogP contribution in [-0.2, 0) is 18.3 Å². The number of hydrogen-bond donors (Lipinski definition) is 0. The van der Waals surface area contributed by atoms with Gasteiger partial charge in [-0.05, 0) is 32.4 Å². The molecule has 21 heavy (non-hydrogen) atoms. The Kier molecular flexibility index (Phi) is 7.65. The van der Waals surface area contributed by atoms with Gasteiger partial charge in [-0.3, -0.25) is 4.57 Å². The molecule has 0 aliphatic rings. The molecular weight excluding hydrogens is 291 g/mol. The first-order valence-electron chi connectivity index (χ1n) is 7.22. The van der Waals surface area contributed by atoms with Crippen LogP contribution in [0.4, 0.5) is 0 Å². The van der Waals surface area contributed by atoms with E-state index in [0.717, 1.165) is 0 Å². The molecule has 0 radical (unpaired) electrons. The summed E-state index contributed by atoms with van der Waals surface area (Å²) in [6.45, 7) is 5.85. The molecule has 0 amide bonds. The van der Waals surface area contributed by atoms with Crippen molar-refractivity contribution in [1.82, 2.24) is 0 Å². The normalized spacial score (nSPS) is 12.9. The van der Waals surface area contributed by atoms with Crippen LogP contribution in [0, 0.1) is 0 Å².